The summed E-state index contributed by atoms with van der Waals surface area (Å²) in [6.07, 6.45) is 4.57. The minimum Gasteiger partial charge on any atom is -0.455 e. The molecular weight excluding hydrogens is 556 g/mol. The van der Waals surface area contributed by atoms with Crippen LogP contribution in [0.4, 0.5) is 14.5 Å². The van der Waals surface area contributed by atoms with Crippen molar-refractivity contribution < 1.29 is 22.8 Å². The smallest absolute Gasteiger partial charge is 0.255 e. The molecule has 218 valence electrons. The number of likely N-dealkylation sites (tertiary alicyclic amines) is 1. The van der Waals surface area contributed by atoms with Crippen molar-refractivity contribution in [1.29, 1.82) is 0 Å². The number of halogens is 2. The van der Waals surface area contributed by atoms with Crippen LogP contribution in [0.3, 0.4) is 0 Å². The number of rotatable bonds is 7. The highest BCUT2D eigenvalue weighted by Crippen LogP contribution is 2.49. The van der Waals surface area contributed by atoms with Gasteiger partial charge in [0, 0.05) is 62.3 Å². The molecule has 0 bridgehead atoms. The normalized spacial score (nSPS) is 20.0. The van der Waals surface area contributed by atoms with Gasteiger partial charge in [0.1, 0.15) is 23.0 Å². The van der Waals surface area contributed by atoms with Gasteiger partial charge in [0.05, 0.1) is 11.3 Å². The Hall–Kier alpha value is -3.85. The molecule has 0 radical (unpaired) electrons. The maximum Gasteiger partial charge on any atom is 0.255 e. The highest BCUT2D eigenvalue weighted by Gasteiger charge is 2.46. The van der Waals surface area contributed by atoms with Gasteiger partial charge in [0.15, 0.2) is 0 Å². The average molecular weight is 590 g/mol. The highest BCUT2D eigenvalue weighted by atomic mass is 32.2. The number of nitrogens with one attached hydrogen (secondary N) is 1. The summed E-state index contributed by atoms with van der Waals surface area (Å²) >= 11 is 1.57. The summed E-state index contributed by atoms with van der Waals surface area (Å²) in [5, 5.41) is 3.41. The van der Waals surface area contributed by atoms with Crippen molar-refractivity contribution in [1.82, 2.24) is 10.2 Å². The molecule has 3 aromatic carbocycles. The number of hydrogen-bond acceptors (Lipinski definition) is 5. The molecule has 2 fully saturated rings. The molecule has 42 heavy (non-hydrogen) atoms. The summed E-state index contributed by atoms with van der Waals surface area (Å²) in [6.45, 7) is 1.30. The van der Waals surface area contributed by atoms with Gasteiger partial charge in [-0.05, 0) is 78.8 Å². The van der Waals surface area contributed by atoms with Crippen molar-refractivity contribution >= 4 is 40.4 Å². The zero-order chi connectivity index (χ0) is 29.5. The van der Waals surface area contributed by atoms with Crippen LogP contribution in [0.15, 0.2) is 65.1 Å². The molecule has 1 aliphatic carbocycles. The van der Waals surface area contributed by atoms with E-state index in [1.165, 1.54) is 24.3 Å². The molecule has 2 heterocycles. The molecule has 1 N–H and O–H groups in total. The van der Waals surface area contributed by atoms with Crippen LogP contribution >= 0.6 is 11.9 Å². The SMILES string of the molecule is CNC(=O)c1c(-c2ccc(F)cc2)oc2cc(N(C)SC)c([C@@H]3CCCN(C(=O)C4CC4c4ccc(F)cc4)C3)cc12. The quantitative estimate of drug-likeness (QED) is 0.236. The van der Waals surface area contributed by atoms with Gasteiger partial charge in [-0.15, -0.1) is 0 Å². The Kier molecular flexibility index (Phi) is 7.70. The van der Waals surface area contributed by atoms with Crippen molar-refractivity contribution in [2.24, 2.45) is 5.92 Å². The Bertz CT molecular complexity index is 1640. The fraction of sp³-hybridized carbons (Fsp3) is 0.333. The van der Waals surface area contributed by atoms with Crippen LogP contribution < -0.4 is 9.62 Å². The lowest BCUT2D eigenvalue weighted by Gasteiger charge is -2.35. The summed E-state index contributed by atoms with van der Waals surface area (Å²) in [6, 6.07) is 16.4. The number of carbonyl (C=O) groups is 2. The second-order valence-corrected chi connectivity index (χ2v) is 12.0. The van der Waals surface area contributed by atoms with Gasteiger partial charge in [0.25, 0.3) is 5.91 Å². The first kappa shape index (κ1) is 28.3. The van der Waals surface area contributed by atoms with E-state index in [1.54, 1.807) is 43.3 Å². The van der Waals surface area contributed by atoms with Crippen LogP contribution in [0.25, 0.3) is 22.3 Å². The van der Waals surface area contributed by atoms with E-state index in [-0.39, 0.29) is 41.2 Å². The van der Waals surface area contributed by atoms with Gasteiger partial charge in [-0.2, -0.15) is 0 Å². The summed E-state index contributed by atoms with van der Waals surface area (Å²) in [5.74, 6) is -0.244. The van der Waals surface area contributed by atoms with Crippen molar-refractivity contribution in [3.05, 3.63) is 89.0 Å². The zero-order valence-electron chi connectivity index (χ0n) is 23.8. The standard InChI is InChI=1S/C33H33F2N3O3S/c1-36-32(39)30-27-16-25(28(37(2)42-3)17-29(27)41-31(30)20-8-12-23(35)13-9-20)21-5-4-14-38(18-21)33(40)26-15-24(26)19-6-10-22(34)11-7-19/h6-13,16-17,21,24,26H,4-5,14-15,18H2,1-3H3,(H,36,39)/t21-,24?,26?/m1/s1. The Morgan fingerprint density at radius 2 is 1.74 bits per heavy atom. The Morgan fingerprint density at radius 3 is 2.40 bits per heavy atom. The van der Waals surface area contributed by atoms with Crippen LogP contribution in [-0.2, 0) is 4.79 Å². The average Bonchev–Trinajstić information content (AvgIpc) is 3.73. The first-order valence-electron chi connectivity index (χ1n) is 14.2. The fourth-order valence-electron chi connectivity index (χ4n) is 6.21. The summed E-state index contributed by atoms with van der Waals surface area (Å²) in [7, 11) is 3.57. The molecule has 2 amide bonds. The largest absolute Gasteiger partial charge is 0.455 e. The predicted octanol–water partition coefficient (Wildman–Crippen LogP) is 6.96. The first-order chi connectivity index (χ1) is 20.3. The Labute approximate surface area is 248 Å². The molecular formula is C33H33F2N3O3S. The van der Waals surface area contributed by atoms with Crippen LogP contribution in [0, 0.1) is 17.6 Å². The van der Waals surface area contributed by atoms with Crippen LogP contribution in [-0.4, -0.2) is 50.2 Å². The molecule has 2 unspecified atom stereocenters. The van der Waals surface area contributed by atoms with E-state index in [4.69, 9.17) is 4.42 Å². The van der Waals surface area contributed by atoms with E-state index in [0.29, 0.717) is 40.9 Å². The monoisotopic (exact) mass is 589 g/mol. The third kappa shape index (κ3) is 5.26. The molecule has 6 rings (SSSR count). The Morgan fingerprint density at radius 1 is 1.05 bits per heavy atom. The van der Waals surface area contributed by atoms with Gasteiger partial charge < -0.3 is 18.9 Å². The van der Waals surface area contributed by atoms with Crippen molar-refractivity contribution in [3.8, 4) is 11.3 Å². The molecule has 4 aromatic rings. The lowest BCUT2D eigenvalue weighted by Crippen LogP contribution is -2.40. The van der Waals surface area contributed by atoms with Gasteiger partial charge in [0.2, 0.25) is 5.91 Å². The minimum absolute atomic E-state index is 0.0708. The third-order valence-corrected chi connectivity index (χ3v) is 9.33. The number of furan rings is 1. The summed E-state index contributed by atoms with van der Waals surface area (Å²) in [4.78, 5) is 28.7. The minimum atomic E-state index is -0.367. The number of benzene rings is 3. The number of amides is 2. The second kappa shape index (κ2) is 11.4. The summed E-state index contributed by atoms with van der Waals surface area (Å²) in [5.41, 5.74) is 4.62. The van der Waals surface area contributed by atoms with Gasteiger partial charge >= 0.3 is 0 Å². The predicted molar refractivity (Wildman–Crippen MR) is 163 cm³/mol. The number of carbonyl (C=O) groups excluding carboxylic acids is 2. The molecule has 6 nitrogen and oxygen atoms in total. The van der Waals surface area contributed by atoms with E-state index < -0.39 is 0 Å². The van der Waals surface area contributed by atoms with Gasteiger partial charge in [-0.25, -0.2) is 8.78 Å². The number of piperidine rings is 1. The van der Waals surface area contributed by atoms with E-state index in [0.717, 1.165) is 36.1 Å². The number of anilines is 1. The molecule has 1 aliphatic heterocycles. The van der Waals surface area contributed by atoms with E-state index in [2.05, 4.69) is 9.62 Å². The van der Waals surface area contributed by atoms with Crippen LogP contribution in [0.5, 0.6) is 0 Å². The fourth-order valence-corrected chi connectivity index (χ4v) is 6.57. The third-order valence-electron chi connectivity index (χ3n) is 8.59. The zero-order valence-corrected chi connectivity index (χ0v) is 24.6. The van der Waals surface area contributed by atoms with Crippen LogP contribution in [0.1, 0.15) is 52.6 Å². The van der Waals surface area contributed by atoms with E-state index in [1.807, 2.05) is 30.3 Å². The topological polar surface area (TPSA) is 65.8 Å². The van der Waals surface area contributed by atoms with E-state index in [9.17, 15) is 18.4 Å². The first-order valence-corrected chi connectivity index (χ1v) is 15.4. The Balaban J connectivity index is 1.35. The molecule has 9 heteroatoms. The molecule has 0 spiro atoms. The number of nitrogens with zero attached hydrogens (tertiary/aromatic N) is 2. The molecule has 1 saturated heterocycles. The lowest BCUT2D eigenvalue weighted by molar-refractivity contribution is -0.133. The molecule has 3 atom stereocenters. The maximum atomic E-state index is 13.7. The van der Waals surface area contributed by atoms with Crippen LogP contribution in [0.2, 0.25) is 0 Å². The second-order valence-electron chi connectivity index (χ2n) is 11.1. The lowest BCUT2D eigenvalue weighted by atomic mass is 9.87. The number of fused-ring (bicyclic) bond motifs is 1. The molecule has 1 saturated carbocycles. The highest BCUT2D eigenvalue weighted by molar-refractivity contribution is 7.99. The van der Waals surface area contributed by atoms with Gasteiger partial charge in [-0.1, -0.05) is 24.1 Å². The van der Waals surface area contributed by atoms with Crippen molar-refractivity contribution in [3.63, 3.8) is 0 Å². The summed E-state index contributed by atoms with van der Waals surface area (Å²) < 4.78 is 35.4. The maximum absolute atomic E-state index is 13.7. The van der Waals surface area contributed by atoms with E-state index >= 15 is 0 Å². The molecule has 1 aromatic heterocycles. The number of hydrogen-bond donors (Lipinski definition) is 1. The van der Waals surface area contributed by atoms with Gasteiger partial charge in [-0.3, -0.25) is 9.59 Å². The molecule has 2 aliphatic rings. The van der Waals surface area contributed by atoms with Crippen molar-refractivity contribution in [2.75, 3.05) is 37.7 Å². The van der Waals surface area contributed by atoms with Crippen molar-refractivity contribution in [2.45, 2.75) is 31.1 Å².